The molecule has 0 aliphatic carbocycles. The molecule has 0 spiro atoms. The van der Waals surface area contributed by atoms with E-state index in [1.54, 1.807) is 14.0 Å². The van der Waals surface area contributed by atoms with E-state index in [4.69, 9.17) is 16.7 Å². The fraction of sp³-hybridized carbons (Fsp3) is 0.231. The van der Waals surface area contributed by atoms with Gasteiger partial charge in [0.15, 0.2) is 5.69 Å². The van der Waals surface area contributed by atoms with Gasteiger partial charge in [-0.05, 0) is 37.1 Å². The van der Waals surface area contributed by atoms with Crippen molar-refractivity contribution in [1.29, 1.82) is 0 Å². The number of aromatic carboxylic acids is 1. The minimum absolute atomic E-state index is 0.0250. The molecule has 0 fully saturated rings. The summed E-state index contributed by atoms with van der Waals surface area (Å²) in [5.74, 6) is -1.67. The van der Waals surface area contributed by atoms with Gasteiger partial charge in [-0.25, -0.2) is 9.18 Å². The Balaban J connectivity index is 2.75. The lowest BCUT2D eigenvalue weighted by atomic mass is 10.00. The molecule has 0 saturated heterocycles. The number of nitrogens with zero attached hydrogens (tertiary/aromatic N) is 2. The van der Waals surface area contributed by atoms with E-state index in [1.807, 2.05) is 6.92 Å². The topological polar surface area (TPSA) is 55.1 Å². The molecule has 0 aliphatic heterocycles. The normalized spacial score (nSPS) is 10.8. The van der Waals surface area contributed by atoms with E-state index in [0.29, 0.717) is 11.3 Å². The summed E-state index contributed by atoms with van der Waals surface area (Å²) >= 11 is 6.00. The summed E-state index contributed by atoms with van der Waals surface area (Å²) in [6.45, 7) is 3.58. The van der Waals surface area contributed by atoms with Crippen LogP contribution in [0, 0.1) is 19.7 Å². The third-order valence-electron chi connectivity index (χ3n) is 3.09. The number of halogens is 2. The van der Waals surface area contributed by atoms with Gasteiger partial charge in [-0.2, -0.15) is 5.10 Å². The van der Waals surface area contributed by atoms with Crippen LogP contribution in [-0.4, -0.2) is 20.9 Å². The highest BCUT2D eigenvalue weighted by atomic mass is 35.5. The first-order valence-electron chi connectivity index (χ1n) is 5.55. The fourth-order valence-corrected chi connectivity index (χ4v) is 2.25. The quantitative estimate of drug-likeness (QED) is 0.920. The van der Waals surface area contributed by atoms with Gasteiger partial charge in [-0.15, -0.1) is 0 Å². The molecule has 0 saturated carbocycles. The first-order chi connectivity index (χ1) is 8.82. The molecule has 0 atom stereocenters. The molecule has 100 valence electrons. The van der Waals surface area contributed by atoms with Crippen LogP contribution in [0.15, 0.2) is 12.1 Å². The Morgan fingerprint density at radius 3 is 2.58 bits per heavy atom. The van der Waals surface area contributed by atoms with Crippen molar-refractivity contribution in [2.75, 3.05) is 0 Å². The predicted octanol–water partition coefficient (Wildman–Crippen LogP) is 3.19. The van der Waals surface area contributed by atoms with Crippen molar-refractivity contribution in [2.24, 2.45) is 7.05 Å². The first kappa shape index (κ1) is 13.5. The predicted molar refractivity (Wildman–Crippen MR) is 70.0 cm³/mol. The van der Waals surface area contributed by atoms with Crippen molar-refractivity contribution >= 4 is 17.6 Å². The molecule has 0 unspecified atom stereocenters. The van der Waals surface area contributed by atoms with E-state index in [-0.39, 0.29) is 10.7 Å². The zero-order chi connectivity index (χ0) is 14.3. The van der Waals surface area contributed by atoms with Crippen LogP contribution in [0.25, 0.3) is 11.3 Å². The second kappa shape index (κ2) is 4.66. The maximum atomic E-state index is 13.7. The zero-order valence-corrected chi connectivity index (χ0v) is 11.4. The molecular weight excluding hydrogens is 271 g/mol. The van der Waals surface area contributed by atoms with Crippen molar-refractivity contribution in [2.45, 2.75) is 13.8 Å². The summed E-state index contributed by atoms with van der Waals surface area (Å²) in [7, 11) is 1.60. The molecule has 1 aromatic heterocycles. The lowest BCUT2D eigenvalue weighted by Crippen LogP contribution is -2.00. The number of carbonyl (C=O) groups is 1. The third kappa shape index (κ3) is 2.21. The van der Waals surface area contributed by atoms with E-state index in [0.717, 1.165) is 11.1 Å². The highest BCUT2D eigenvalue weighted by molar-refractivity contribution is 6.33. The molecule has 2 rings (SSSR count). The summed E-state index contributed by atoms with van der Waals surface area (Å²) < 4.78 is 15.1. The number of carboxylic acid groups (broad SMARTS) is 1. The molecule has 6 heteroatoms. The Hall–Kier alpha value is -1.88. The maximum absolute atomic E-state index is 13.7. The minimum atomic E-state index is -1.14. The molecule has 2 aromatic rings. The van der Waals surface area contributed by atoms with Crippen LogP contribution in [0.1, 0.15) is 21.6 Å². The minimum Gasteiger partial charge on any atom is -0.476 e. The summed E-state index contributed by atoms with van der Waals surface area (Å²) in [5, 5.41) is 12.8. The SMILES string of the molecule is Cc1cc(F)c(Cl)c(-c2cc(C(=O)O)nn2C)c1C. The molecule has 19 heavy (non-hydrogen) atoms. The summed E-state index contributed by atoms with van der Waals surface area (Å²) in [6.07, 6.45) is 0. The Kier molecular flexibility index (Phi) is 3.32. The van der Waals surface area contributed by atoms with Gasteiger partial charge in [0.2, 0.25) is 0 Å². The standard InChI is InChI=1S/C13H12ClFN2O2/c1-6-4-8(15)12(14)11(7(6)2)10-5-9(13(18)19)16-17(10)3/h4-5H,1-3H3,(H,18,19). The summed E-state index contributed by atoms with van der Waals surface area (Å²) in [6, 6.07) is 2.74. The van der Waals surface area contributed by atoms with Crippen LogP contribution in [0.3, 0.4) is 0 Å². The molecule has 0 radical (unpaired) electrons. The summed E-state index contributed by atoms with van der Waals surface area (Å²) in [5.41, 5.74) is 2.39. The van der Waals surface area contributed by atoms with E-state index >= 15 is 0 Å². The lowest BCUT2D eigenvalue weighted by molar-refractivity contribution is 0.0689. The maximum Gasteiger partial charge on any atom is 0.356 e. The highest BCUT2D eigenvalue weighted by Gasteiger charge is 2.19. The van der Waals surface area contributed by atoms with Crippen molar-refractivity contribution in [1.82, 2.24) is 9.78 Å². The number of rotatable bonds is 2. The number of aromatic nitrogens is 2. The largest absolute Gasteiger partial charge is 0.476 e. The van der Waals surface area contributed by atoms with Gasteiger partial charge >= 0.3 is 5.97 Å². The molecule has 0 aliphatic rings. The second-order valence-electron chi connectivity index (χ2n) is 4.33. The molecule has 4 nitrogen and oxygen atoms in total. The number of benzene rings is 1. The third-order valence-corrected chi connectivity index (χ3v) is 3.46. The number of hydrogen-bond acceptors (Lipinski definition) is 2. The molecular formula is C13H12ClFN2O2. The van der Waals surface area contributed by atoms with Gasteiger partial charge < -0.3 is 5.11 Å². The van der Waals surface area contributed by atoms with Crippen molar-refractivity contribution < 1.29 is 14.3 Å². The van der Waals surface area contributed by atoms with E-state index in [9.17, 15) is 9.18 Å². The van der Waals surface area contributed by atoms with Crippen molar-refractivity contribution in [3.8, 4) is 11.3 Å². The fourth-order valence-electron chi connectivity index (χ4n) is 1.95. The van der Waals surface area contributed by atoms with Gasteiger partial charge in [0, 0.05) is 12.6 Å². The highest BCUT2D eigenvalue weighted by Crippen LogP contribution is 2.35. The second-order valence-corrected chi connectivity index (χ2v) is 4.71. The van der Waals surface area contributed by atoms with Gasteiger partial charge in [-0.1, -0.05) is 11.6 Å². The van der Waals surface area contributed by atoms with Crippen molar-refractivity contribution in [3.63, 3.8) is 0 Å². The molecule has 1 N–H and O–H groups in total. The Labute approximate surface area is 114 Å². The van der Waals surface area contributed by atoms with Crippen LogP contribution in [0.5, 0.6) is 0 Å². The molecule has 1 aromatic carbocycles. The van der Waals surface area contributed by atoms with Gasteiger partial charge in [-0.3, -0.25) is 4.68 Å². The van der Waals surface area contributed by atoms with E-state index in [2.05, 4.69) is 5.10 Å². The molecule has 0 amide bonds. The average molecular weight is 283 g/mol. The number of hydrogen-bond donors (Lipinski definition) is 1. The van der Waals surface area contributed by atoms with Crippen LogP contribution in [0.2, 0.25) is 5.02 Å². The lowest BCUT2D eigenvalue weighted by Gasteiger charge is -2.12. The Morgan fingerprint density at radius 1 is 1.42 bits per heavy atom. The van der Waals surface area contributed by atoms with Gasteiger partial charge in [0.05, 0.1) is 10.7 Å². The zero-order valence-electron chi connectivity index (χ0n) is 10.7. The monoisotopic (exact) mass is 282 g/mol. The number of carboxylic acids is 1. The first-order valence-corrected chi connectivity index (χ1v) is 5.93. The van der Waals surface area contributed by atoms with Crippen LogP contribution >= 0.6 is 11.6 Å². The molecule has 0 bridgehead atoms. The Bertz CT molecular complexity index is 654. The van der Waals surface area contributed by atoms with Crippen LogP contribution < -0.4 is 0 Å². The Morgan fingerprint density at radius 2 is 2.05 bits per heavy atom. The molecule has 1 heterocycles. The smallest absolute Gasteiger partial charge is 0.356 e. The van der Waals surface area contributed by atoms with Crippen molar-refractivity contribution in [3.05, 3.63) is 39.8 Å². The van der Waals surface area contributed by atoms with Gasteiger partial charge in [0.25, 0.3) is 0 Å². The average Bonchev–Trinajstić information content (AvgIpc) is 2.70. The number of aryl methyl sites for hydroxylation is 2. The van der Waals surface area contributed by atoms with E-state index < -0.39 is 11.8 Å². The van der Waals surface area contributed by atoms with Gasteiger partial charge in [0.1, 0.15) is 5.82 Å². The summed E-state index contributed by atoms with van der Waals surface area (Å²) in [4.78, 5) is 10.9. The van der Waals surface area contributed by atoms with Crippen LogP contribution in [-0.2, 0) is 7.05 Å². The van der Waals surface area contributed by atoms with Crippen LogP contribution in [0.4, 0.5) is 4.39 Å². The van der Waals surface area contributed by atoms with E-state index in [1.165, 1.54) is 16.8 Å².